The van der Waals surface area contributed by atoms with Gasteiger partial charge in [0.25, 0.3) is 0 Å². The lowest BCUT2D eigenvalue weighted by Gasteiger charge is -2.22. The first-order valence-corrected chi connectivity index (χ1v) is 11.1. The van der Waals surface area contributed by atoms with Crippen LogP contribution in [0.1, 0.15) is 75.9 Å². The lowest BCUT2D eigenvalue weighted by Crippen LogP contribution is -2.33. The van der Waals surface area contributed by atoms with Gasteiger partial charge in [-0.1, -0.05) is 37.3 Å². The molecule has 3 rings (SSSR count). The number of hydrogen-bond acceptors (Lipinski definition) is 6. The third-order valence-electron chi connectivity index (χ3n) is 5.63. The molecule has 0 atom stereocenters. The van der Waals surface area contributed by atoms with Gasteiger partial charge in [-0.15, -0.1) is 0 Å². The smallest absolute Gasteiger partial charge is 0.246 e. The summed E-state index contributed by atoms with van der Waals surface area (Å²) in [7, 11) is -3.33. The number of nitrogens with zero attached hydrogens (tertiary/aromatic N) is 2. The van der Waals surface area contributed by atoms with E-state index < -0.39 is 14.6 Å². The summed E-state index contributed by atoms with van der Waals surface area (Å²) in [4.78, 5) is 16.4. The van der Waals surface area contributed by atoms with E-state index in [0.717, 1.165) is 25.7 Å². The Balaban J connectivity index is 1.59. The number of sulfone groups is 1. The molecule has 0 aliphatic heterocycles. The number of carbonyl (C=O) groups excluding carboxylic acids is 1. The number of aromatic nitrogens is 2. The van der Waals surface area contributed by atoms with E-state index in [9.17, 15) is 13.2 Å². The largest absolute Gasteiger partial charge is 0.347 e. The van der Waals surface area contributed by atoms with Gasteiger partial charge in [0.15, 0.2) is 15.7 Å². The molecule has 1 N–H and O–H groups in total. The van der Waals surface area contributed by atoms with Gasteiger partial charge in [0.1, 0.15) is 4.75 Å². The average Bonchev–Trinajstić information content (AvgIpc) is 3.23. The van der Waals surface area contributed by atoms with Crippen molar-refractivity contribution in [1.29, 1.82) is 0 Å². The first-order chi connectivity index (χ1) is 11.9. The molecule has 0 radical (unpaired) electrons. The Morgan fingerprint density at radius 3 is 2.52 bits per heavy atom. The topological polar surface area (TPSA) is 102 Å². The third-order valence-corrected chi connectivity index (χ3v) is 7.64. The fraction of sp³-hybridized carbons (Fsp3) is 0.824. The van der Waals surface area contributed by atoms with Crippen LogP contribution in [0, 0.1) is 5.92 Å². The zero-order chi connectivity index (χ0) is 17.9. The highest BCUT2D eigenvalue weighted by molar-refractivity contribution is 7.91. The van der Waals surface area contributed by atoms with Gasteiger partial charge >= 0.3 is 0 Å². The Hall–Kier alpha value is -1.44. The van der Waals surface area contributed by atoms with E-state index in [1.807, 2.05) is 0 Å². The first-order valence-electron chi connectivity index (χ1n) is 9.20. The van der Waals surface area contributed by atoms with E-state index >= 15 is 0 Å². The Bertz CT molecular complexity index is 701. The molecule has 0 aromatic carbocycles. The van der Waals surface area contributed by atoms with E-state index in [4.69, 9.17) is 4.52 Å². The molecule has 1 amide bonds. The molecular formula is C17H27N3O4S. The number of carbonyl (C=O) groups is 1. The van der Waals surface area contributed by atoms with Crippen LogP contribution >= 0.6 is 0 Å². The Kier molecular flexibility index (Phi) is 5.46. The minimum Gasteiger partial charge on any atom is -0.347 e. The zero-order valence-corrected chi connectivity index (χ0v) is 15.6. The van der Waals surface area contributed by atoms with Crippen molar-refractivity contribution in [2.24, 2.45) is 5.92 Å². The zero-order valence-electron chi connectivity index (χ0n) is 14.8. The predicted octanol–water partition coefficient (Wildman–Crippen LogP) is 2.47. The van der Waals surface area contributed by atoms with E-state index in [-0.39, 0.29) is 24.2 Å². The predicted molar refractivity (Wildman–Crippen MR) is 92.3 cm³/mol. The second-order valence-corrected chi connectivity index (χ2v) is 9.80. The summed E-state index contributed by atoms with van der Waals surface area (Å²) in [6.45, 7) is 0.151. The molecule has 25 heavy (non-hydrogen) atoms. The van der Waals surface area contributed by atoms with Crippen LogP contribution in [0.5, 0.6) is 0 Å². The standard InChI is InChI=1S/C17H27N3O4S/c1-25(22,23)17(9-5-6-10-17)16-19-15(24-20-16)12-18-14(21)11-13-7-3-2-4-8-13/h13H,2-12H2,1H3,(H,18,21). The summed E-state index contributed by atoms with van der Waals surface area (Å²) in [5.74, 6) is 0.968. The normalized spacial score (nSPS) is 21.3. The molecule has 2 aliphatic rings. The van der Waals surface area contributed by atoms with Crippen molar-refractivity contribution in [1.82, 2.24) is 15.5 Å². The highest BCUT2D eigenvalue weighted by Gasteiger charge is 2.48. The van der Waals surface area contributed by atoms with Crippen LogP contribution < -0.4 is 5.32 Å². The molecule has 2 saturated carbocycles. The molecule has 7 nitrogen and oxygen atoms in total. The minimum atomic E-state index is -3.33. The van der Waals surface area contributed by atoms with Crippen molar-refractivity contribution >= 4 is 15.7 Å². The Morgan fingerprint density at radius 1 is 1.20 bits per heavy atom. The lowest BCUT2D eigenvalue weighted by molar-refractivity contribution is -0.122. The third kappa shape index (κ3) is 4.04. The van der Waals surface area contributed by atoms with E-state index in [1.54, 1.807) is 0 Å². The van der Waals surface area contributed by atoms with Gasteiger partial charge in [-0.25, -0.2) is 8.42 Å². The quantitative estimate of drug-likeness (QED) is 0.826. The maximum atomic E-state index is 12.3. The molecule has 0 unspecified atom stereocenters. The van der Waals surface area contributed by atoms with E-state index in [2.05, 4.69) is 15.5 Å². The Labute approximate surface area is 148 Å². The minimum absolute atomic E-state index is 0.00894. The number of amides is 1. The number of nitrogens with one attached hydrogen (secondary N) is 1. The molecule has 1 aromatic heterocycles. The van der Waals surface area contributed by atoms with Crippen molar-refractivity contribution in [3.8, 4) is 0 Å². The summed E-state index contributed by atoms with van der Waals surface area (Å²) in [5.41, 5.74) is 0. The van der Waals surface area contributed by atoms with Crippen LogP contribution in [0.25, 0.3) is 0 Å². The molecule has 1 aromatic rings. The van der Waals surface area contributed by atoms with E-state index in [1.165, 1.54) is 25.5 Å². The first kappa shape index (κ1) is 18.4. The van der Waals surface area contributed by atoms with Crippen LogP contribution in [0.15, 0.2) is 4.52 Å². The monoisotopic (exact) mass is 369 g/mol. The lowest BCUT2D eigenvalue weighted by atomic mass is 9.87. The van der Waals surface area contributed by atoms with Crippen LogP contribution in [-0.4, -0.2) is 30.7 Å². The summed E-state index contributed by atoms with van der Waals surface area (Å²) in [6.07, 6.45) is 10.4. The second-order valence-electron chi connectivity index (χ2n) is 7.47. The van der Waals surface area contributed by atoms with Gasteiger partial charge in [-0.3, -0.25) is 4.79 Å². The van der Waals surface area contributed by atoms with Crippen LogP contribution in [-0.2, 0) is 25.9 Å². The molecule has 2 fully saturated rings. The average molecular weight is 369 g/mol. The van der Waals surface area contributed by atoms with Crippen molar-refractivity contribution < 1.29 is 17.7 Å². The molecule has 8 heteroatoms. The maximum absolute atomic E-state index is 12.3. The second kappa shape index (κ2) is 7.43. The van der Waals surface area contributed by atoms with Crippen molar-refractivity contribution in [3.05, 3.63) is 11.7 Å². The summed E-state index contributed by atoms with van der Waals surface area (Å²) in [5, 5.41) is 6.73. The van der Waals surface area contributed by atoms with Crippen LogP contribution in [0.3, 0.4) is 0 Å². The summed E-state index contributed by atoms with van der Waals surface area (Å²) >= 11 is 0. The molecule has 0 saturated heterocycles. The van der Waals surface area contributed by atoms with Crippen LogP contribution in [0.4, 0.5) is 0 Å². The van der Waals surface area contributed by atoms with Gasteiger partial charge in [0, 0.05) is 12.7 Å². The maximum Gasteiger partial charge on any atom is 0.246 e. The van der Waals surface area contributed by atoms with Crippen molar-refractivity contribution in [2.75, 3.05) is 6.26 Å². The summed E-state index contributed by atoms with van der Waals surface area (Å²) in [6, 6.07) is 0. The highest BCUT2D eigenvalue weighted by atomic mass is 32.2. The van der Waals surface area contributed by atoms with Gasteiger partial charge in [0.05, 0.1) is 6.54 Å². The fourth-order valence-corrected chi connectivity index (χ4v) is 5.56. The number of rotatable bonds is 6. The van der Waals surface area contributed by atoms with Gasteiger partial charge < -0.3 is 9.84 Å². The molecule has 2 aliphatic carbocycles. The highest BCUT2D eigenvalue weighted by Crippen LogP contribution is 2.43. The molecule has 1 heterocycles. The number of hydrogen-bond donors (Lipinski definition) is 1. The molecule has 0 spiro atoms. The molecule has 0 bridgehead atoms. The molecular weight excluding hydrogens is 342 g/mol. The van der Waals surface area contributed by atoms with Crippen molar-refractivity contribution in [2.45, 2.75) is 75.5 Å². The van der Waals surface area contributed by atoms with E-state index in [0.29, 0.717) is 25.2 Å². The van der Waals surface area contributed by atoms with Gasteiger partial charge in [-0.05, 0) is 31.6 Å². The SMILES string of the molecule is CS(=O)(=O)C1(c2noc(CNC(=O)CC3CCCCC3)n2)CCCC1. The fourth-order valence-electron chi connectivity index (χ4n) is 4.12. The van der Waals surface area contributed by atoms with Crippen molar-refractivity contribution in [3.63, 3.8) is 0 Å². The molecule has 140 valence electrons. The van der Waals surface area contributed by atoms with Gasteiger partial charge in [-0.2, -0.15) is 4.98 Å². The summed E-state index contributed by atoms with van der Waals surface area (Å²) < 4.78 is 28.7. The Morgan fingerprint density at radius 2 is 1.88 bits per heavy atom. The van der Waals surface area contributed by atoms with Crippen LogP contribution in [0.2, 0.25) is 0 Å². The van der Waals surface area contributed by atoms with Gasteiger partial charge in [0.2, 0.25) is 11.8 Å².